The third-order valence-corrected chi connectivity index (χ3v) is 7.65. The van der Waals surface area contributed by atoms with Crippen molar-refractivity contribution in [2.75, 3.05) is 40.1 Å². The maximum atomic E-state index is 13.6. The number of thiophene rings is 1. The number of nitrogens with zero attached hydrogens (tertiary/aromatic N) is 3. The summed E-state index contributed by atoms with van der Waals surface area (Å²) in [5.74, 6) is 2.54. The predicted octanol–water partition coefficient (Wildman–Crippen LogP) is 4.45. The van der Waals surface area contributed by atoms with Crippen molar-refractivity contribution in [1.29, 1.82) is 0 Å². The van der Waals surface area contributed by atoms with E-state index in [-0.39, 0.29) is 12.7 Å². The number of aromatic nitrogens is 1. The van der Waals surface area contributed by atoms with E-state index in [2.05, 4.69) is 39.1 Å². The molecule has 2 aromatic carbocycles. The number of hydrogen-bond donors (Lipinski definition) is 0. The first-order valence-corrected chi connectivity index (χ1v) is 12.7. The van der Waals surface area contributed by atoms with Crippen LogP contribution < -0.4 is 14.2 Å². The predicted molar refractivity (Wildman–Crippen MR) is 136 cm³/mol. The summed E-state index contributed by atoms with van der Waals surface area (Å²) in [6, 6.07) is 18.3. The summed E-state index contributed by atoms with van der Waals surface area (Å²) >= 11 is 1.67. The molecule has 7 nitrogen and oxygen atoms in total. The van der Waals surface area contributed by atoms with Crippen LogP contribution >= 0.6 is 11.3 Å². The van der Waals surface area contributed by atoms with E-state index in [1.807, 2.05) is 35.2 Å². The summed E-state index contributed by atoms with van der Waals surface area (Å²) in [4.78, 5) is 19.1. The van der Waals surface area contributed by atoms with Crippen LogP contribution in [0.25, 0.3) is 10.2 Å². The van der Waals surface area contributed by atoms with E-state index >= 15 is 0 Å². The van der Waals surface area contributed by atoms with E-state index in [1.165, 1.54) is 5.56 Å². The number of carbonyl (C=O) groups excluding carboxylic acids is 1. The van der Waals surface area contributed by atoms with E-state index in [1.54, 1.807) is 18.4 Å². The lowest BCUT2D eigenvalue weighted by molar-refractivity contribution is 0.0619. The highest BCUT2D eigenvalue weighted by atomic mass is 32.1. The zero-order valence-electron chi connectivity index (χ0n) is 19.6. The molecule has 1 amide bonds. The molecule has 6 rings (SSSR count). The van der Waals surface area contributed by atoms with Crippen LogP contribution in [0.1, 0.15) is 21.6 Å². The Balaban J connectivity index is 1.16. The Morgan fingerprint density at radius 1 is 0.943 bits per heavy atom. The number of amides is 1. The molecule has 1 saturated heterocycles. The van der Waals surface area contributed by atoms with Gasteiger partial charge in [0.05, 0.1) is 7.11 Å². The van der Waals surface area contributed by atoms with Crippen LogP contribution in [0.2, 0.25) is 0 Å². The van der Waals surface area contributed by atoms with Crippen LogP contribution in [0, 0.1) is 0 Å². The minimum atomic E-state index is 0.0963. The minimum Gasteiger partial charge on any atom is -0.497 e. The summed E-state index contributed by atoms with van der Waals surface area (Å²) in [6.07, 6.45) is 0. The Labute approximate surface area is 208 Å². The van der Waals surface area contributed by atoms with Gasteiger partial charge in [-0.1, -0.05) is 18.2 Å². The highest BCUT2D eigenvalue weighted by Gasteiger charge is 2.26. The van der Waals surface area contributed by atoms with E-state index in [0.29, 0.717) is 19.6 Å². The summed E-state index contributed by atoms with van der Waals surface area (Å²) in [7, 11) is 1.67. The van der Waals surface area contributed by atoms with Crippen LogP contribution in [-0.2, 0) is 13.1 Å². The zero-order chi connectivity index (χ0) is 23.8. The van der Waals surface area contributed by atoms with Gasteiger partial charge in [-0.25, -0.2) is 0 Å². The molecule has 0 saturated carbocycles. The molecule has 0 unspecified atom stereocenters. The molecule has 4 aromatic rings. The molecule has 0 bridgehead atoms. The molecule has 4 heterocycles. The Kier molecular flexibility index (Phi) is 5.83. The van der Waals surface area contributed by atoms with Gasteiger partial charge in [0.25, 0.3) is 5.91 Å². The van der Waals surface area contributed by atoms with E-state index in [4.69, 9.17) is 14.2 Å². The molecule has 0 N–H and O–H groups in total. The van der Waals surface area contributed by atoms with Crippen LogP contribution in [0.15, 0.2) is 60.0 Å². The standard InChI is InChI=1S/C27H27N3O4S/c1-32-22-4-2-3-19(13-22)17-30-23(15-21-7-12-35-27(21)30)26(31)29-10-8-28(9-11-29)16-20-5-6-24-25(14-20)34-18-33-24/h2-7,12-15H,8-11,16-18H2,1H3. The molecule has 0 atom stereocenters. The van der Waals surface area contributed by atoms with Gasteiger partial charge < -0.3 is 23.7 Å². The number of methoxy groups -OCH3 is 1. The first-order valence-electron chi connectivity index (χ1n) is 11.8. The van der Waals surface area contributed by atoms with Gasteiger partial charge in [-0.2, -0.15) is 0 Å². The van der Waals surface area contributed by atoms with Crippen LogP contribution in [-0.4, -0.2) is 60.4 Å². The largest absolute Gasteiger partial charge is 0.497 e. The second kappa shape index (κ2) is 9.28. The summed E-state index contributed by atoms with van der Waals surface area (Å²) in [5.41, 5.74) is 3.05. The number of benzene rings is 2. The van der Waals surface area contributed by atoms with Crippen molar-refractivity contribution in [2.45, 2.75) is 13.1 Å². The first-order chi connectivity index (χ1) is 17.2. The molecular formula is C27H27N3O4S. The number of carbonyl (C=O) groups is 1. The quantitative estimate of drug-likeness (QED) is 0.401. The third-order valence-electron chi connectivity index (χ3n) is 6.70. The average Bonchev–Trinajstić information content (AvgIpc) is 3.61. The van der Waals surface area contributed by atoms with Gasteiger partial charge in [-0.3, -0.25) is 9.69 Å². The minimum absolute atomic E-state index is 0.0963. The van der Waals surface area contributed by atoms with Gasteiger partial charge in [-0.15, -0.1) is 11.3 Å². The number of ether oxygens (including phenoxy) is 3. The second-order valence-electron chi connectivity index (χ2n) is 8.90. The number of rotatable bonds is 6. The van der Waals surface area contributed by atoms with Crippen molar-refractivity contribution < 1.29 is 19.0 Å². The Morgan fingerprint density at radius 2 is 1.77 bits per heavy atom. The molecule has 0 radical (unpaired) electrons. The lowest BCUT2D eigenvalue weighted by Gasteiger charge is -2.35. The van der Waals surface area contributed by atoms with Crippen molar-refractivity contribution in [2.24, 2.45) is 0 Å². The molecule has 1 fully saturated rings. The summed E-state index contributed by atoms with van der Waals surface area (Å²) in [6.45, 7) is 4.85. The summed E-state index contributed by atoms with van der Waals surface area (Å²) in [5, 5.41) is 3.19. The molecule has 180 valence electrons. The van der Waals surface area contributed by atoms with E-state index in [0.717, 1.165) is 58.4 Å². The topological polar surface area (TPSA) is 56.2 Å². The number of hydrogen-bond acceptors (Lipinski definition) is 6. The molecular weight excluding hydrogens is 462 g/mol. The molecule has 2 aromatic heterocycles. The van der Waals surface area contributed by atoms with Crippen molar-refractivity contribution in [3.05, 3.63) is 76.8 Å². The Bertz CT molecular complexity index is 1370. The van der Waals surface area contributed by atoms with E-state index < -0.39 is 0 Å². The van der Waals surface area contributed by atoms with Gasteiger partial charge in [0.1, 0.15) is 16.3 Å². The van der Waals surface area contributed by atoms with Crippen molar-refractivity contribution in [3.63, 3.8) is 0 Å². The fraction of sp³-hybridized carbons (Fsp3) is 0.296. The van der Waals surface area contributed by atoms with Crippen LogP contribution in [0.3, 0.4) is 0 Å². The highest BCUT2D eigenvalue weighted by Crippen LogP contribution is 2.33. The van der Waals surface area contributed by atoms with E-state index in [9.17, 15) is 4.79 Å². The van der Waals surface area contributed by atoms with Crippen molar-refractivity contribution in [3.8, 4) is 17.2 Å². The second-order valence-corrected chi connectivity index (χ2v) is 9.80. The highest BCUT2D eigenvalue weighted by molar-refractivity contribution is 7.16. The molecule has 35 heavy (non-hydrogen) atoms. The average molecular weight is 490 g/mol. The normalized spacial score (nSPS) is 15.6. The lowest BCUT2D eigenvalue weighted by Crippen LogP contribution is -2.48. The van der Waals surface area contributed by atoms with Gasteiger partial charge >= 0.3 is 0 Å². The van der Waals surface area contributed by atoms with Crippen molar-refractivity contribution >= 4 is 27.5 Å². The maximum Gasteiger partial charge on any atom is 0.270 e. The lowest BCUT2D eigenvalue weighted by atomic mass is 10.1. The molecule has 2 aliphatic heterocycles. The number of piperazine rings is 1. The molecule has 2 aliphatic rings. The first kappa shape index (κ1) is 22.0. The molecule has 0 spiro atoms. The third kappa shape index (κ3) is 4.35. The molecule has 0 aliphatic carbocycles. The molecule has 8 heteroatoms. The Hall–Kier alpha value is -3.49. The van der Waals surface area contributed by atoms with Gasteiger partial charge in [-0.05, 0) is 52.9 Å². The monoisotopic (exact) mass is 489 g/mol. The van der Waals surface area contributed by atoms with Crippen LogP contribution in [0.5, 0.6) is 17.2 Å². The SMILES string of the molecule is COc1cccc(Cn2c(C(=O)N3CCN(Cc4ccc5c(c4)OCO5)CC3)cc3ccsc32)c1. The van der Waals surface area contributed by atoms with Crippen molar-refractivity contribution in [1.82, 2.24) is 14.4 Å². The summed E-state index contributed by atoms with van der Waals surface area (Å²) < 4.78 is 18.5. The van der Waals surface area contributed by atoms with Gasteiger partial charge in [0.2, 0.25) is 6.79 Å². The Morgan fingerprint density at radius 3 is 2.63 bits per heavy atom. The zero-order valence-corrected chi connectivity index (χ0v) is 20.4. The number of fused-ring (bicyclic) bond motifs is 2. The van der Waals surface area contributed by atoms with Gasteiger partial charge in [0.15, 0.2) is 11.5 Å². The maximum absolute atomic E-state index is 13.6. The fourth-order valence-electron chi connectivity index (χ4n) is 4.83. The van der Waals surface area contributed by atoms with Crippen LogP contribution in [0.4, 0.5) is 0 Å². The fourth-order valence-corrected chi connectivity index (χ4v) is 5.73. The smallest absolute Gasteiger partial charge is 0.270 e. The van der Waals surface area contributed by atoms with Gasteiger partial charge in [0, 0.05) is 44.7 Å².